The minimum Gasteiger partial charge on any atom is -0.508 e. The number of phenols is 1. The zero-order valence-electron chi connectivity index (χ0n) is 16.1. The van der Waals surface area contributed by atoms with Crippen LogP contribution in [0, 0.1) is 35.5 Å². The Hall–Kier alpha value is -1.02. The first-order valence-electron chi connectivity index (χ1n) is 9.69. The number of aryl methyl sites for hydroxylation is 1. The van der Waals surface area contributed by atoms with Gasteiger partial charge in [-0.25, -0.2) is 0 Å². The highest BCUT2D eigenvalue weighted by Crippen LogP contribution is 2.61. The molecule has 0 saturated heterocycles. The molecule has 2 fully saturated rings. The molecule has 0 spiro atoms. The van der Waals surface area contributed by atoms with Gasteiger partial charge in [-0.15, -0.1) is 0 Å². The van der Waals surface area contributed by atoms with Gasteiger partial charge in [-0.2, -0.15) is 0 Å². The third-order valence-electron chi connectivity index (χ3n) is 7.67. The summed E-state index contributed by atoms with van der Waals surface area (Å²) in [5, 5.41) is 9.99. The first-order chi connectivity index (χ1) is 11.1. The summed E-state index contributed by atoms with van der Waals surface area (Å²) < 4.78 is 0. The van der Waals surface area contributed by atoms with E-state index in [9.17, 15) is 5.11 Å². The summed E-state index contributed by atoms with van der Waals surface area (Å²) >= 11 is 0. The van der Waals surface area contributed by atoms with E-state index in [1.165, 1.54) is 24.8 Å². The summed E-state index contributed by atoms with van der Waals surface area (Å²) in [6.07, 6.45) is 6.08. The standard InChI is InChI=1S/C22H35NO/c1-14-10-16(12-17(24)11-14)13-18-15(2)6-7-19-21(3,4)20(23)8-9-22(18,19)5/h10-12,15,18-20,24H,6-9,13,23H2,1-5H3. The van der Waals surface area contributed by atoms with E-state index in [-0.39, 0.29) is 5.41 Å². The second kappa shape index (κ2) is 6.05. The molecule has 2 aliphatic rings. The van der Waals surface area contributed by atoms with Crippen molar-refractivity contribution in [2.45, 2.75) is 72.8 Å². The summed E-state index contributed by atoms with van der Waals surface area (Å²) in [5.41, 5.74) is 9.54. The van der Waals surface area contributed by atoms with Crippen molar-refractivity contribution in [1.82, 2.24) is 0 Å². The van der Waals surface area contributed by atoms with Crippen LogP contribution < -0.4 is 5.73 Å². The first kappa shape index (κ1) is 17.8. The molecule has 5 atom stereocenters. The molecule has 1 aromatic carbocycles. The van der Waals surface area contributed by atoms with E-state index in [0.29, 0.717) is 29.0 Å². The Labute approximate surface area is 147 Å². The topological polar surface area (TPSA) is 46.2 Å². The van der Waals surface area contributed by atoms with Gasteiger partial charge < -0.3 is 10.8 Å². The van der Waals surface area contributed by atoms with Crippen LogP contribution in [0.25, 0.3) is 0 Å². The quantitative estimate of drug-likeness (QED) is 0.796. The van der Waals surface area contributed by atoms with Gasteiger partial charge in [0.05, 0.1) is 0 Å². The molecule has 0 aromatic heterocycles. The molecular weight excluding hydrogens is 294 g/mol. The Morgan fingerprint density at radius 3 is 2.50 bits per heavy atom. The fourth-order valence-corrected chi connectivity index (χ4v) is 6.19. The Morgan fingerprint density at radius 1 is 1.12 bits per heavy atom. The van der Waals surface area contributed by atoms with Crippen LogP contribution in [0.4, 0.5) is 0 Å². The Morgan fingerprint density at radius 2 is 1.83 bits per heavy atom. The van der Waals surface area contributed by atoms with Crippen LogP contribution in [0.1, 0.15) is 64.5 Å². The molecule has 0 amide bonds. The molecule has 2 aliphatic carbocycles. The molecule has 1 aromatic rings. The summed E-state index contributed by atoms with van der Waals surface area (Å²) in [5.74, 6) is 2.51. The molecule has 5 unspecified atom stereocenters. The largest absolute Gasteiger partial charge is 0.508 e. The zero-order chi connectivity index (χ0) is 17.7. The monoisotopic (exact) mass is 329 g/mol. The molecule has 0 aliphatic heterocycles. The predicted molar refractivity (Wildman–Crippen MR) is 101 cm³/mol. The lowest BCUT2D eigenvalue weighted by Gasteiger charge is -2.61. The summed E-state index contributed by atoms with van der Waals surface area (Å²) in [7, 11) is 0. The molecule has 24 heavy (non-hydrogen) atoms. The Kier molecular flexibility index (Phi) is 4.49. The van der Waals surface area contributed by atoms with Gasteiger partial charge in [0.1, 0.15) is 5.75 Å². The van der Waals surface area contributed by atoms with Crippen molar-refractivity contribution in [3.8, 4) is 5.75 Å². The predicted octanol–water partition coefficient (Wildman–Crippen LogP) is 5.06. The van der Waals surface area contributed by atoms with Gasteiger partial charge in [0.15, 0.2) is 0 Å². The van der Waals surface area contributed by atoms with Crippen LogP contribution in [0.3, 0.4) is 0 Å². The van der Waals surface area contributed by atoms with Gasteiger partial charge in [0, 0.05) is 6.04 Å². The minimum atomic E-state index is 0.222. The zero-order valence-corrected chi connectivity index (χ0v) is 16.1. The highest BCUT2D eigenvalue weighted by molar-refractivity contribution is 5.33. The number of nitrogens with two attached hydrogens (primary N) is 1. The number of hydrogen-bond donors (Lipinski definition) is 2. The van der Waals surface area contributed by atoms with Gasteiger partial charge in [-0.05, 0) is 84.5 Å². The van der Waals surface area contributed by atoms with E-state index in [2.05, 4.69) is 40.7 Å². The van der Waals surface area contributed by atoms with Crippen molar-refractivity contribution in [3.63, 3.8) is 0 Å². The SMILES string of the molecule is Cc1cc(O)cc(CC2C(C)CCC3C(C)(C)C(N)CCC23C)c1. The normalized spacial score (nSPS) is 38.6. The number of hydrogen-bond acceptors (Lipinski definition) is 2. The average Bonchev–Trinajstić information content (AvgIpc) is 2.46. The lowest BCUT2D eigenvalue weighted by molar-refractivity contribution is -0.102. The molecule has 2 heteroatoms. The van der Waals surface area contributed by atoms with Gasteiger partial charge in [-0.1, -0.05) is 40.2 Å². The second-order valence-corrected chi connectivity index (χ2v) is 9.57. The van der Waals surface area contributed by atoms with E-state index < -0.39 is 0 Å². The highest BCUT2D eigenvalue weighted by Gasteiger charge is 2.55. The van der Waals surface area contributed by atoms with E-state index in [1.54, 1.807) is 0 Å². The van der Waals surface area contributed by atoms with Gasteiger partial charge in [0.2, 0.25) is 0 Å². The highest BCUT2D eigenvalue weighted by atomic mass is 16.3. The van der Waals surface area contributed by atoms with Crippen molar-refractivity contribution < 1.29 is 5.11 Å². The van der Waals surface area contributed by atoms with Crippen LogP contribution in [0.15, 0.2) is 18.2 Å². The van der Waals surface area contributed by atoms with Crippen LogP contribution in [0.2, 0.25) is 0 Å². The Balaban J connectivity index is 1.93. The molecular formula is C22H35NO. The molecule has 0 heterocycles. The van der Waals surface area contributed by atoms with Crippen molar-refractivity contribution in [2.24, 2.45) is 34.3 Å². The third kappa shape index (κ3) is 2.87. The number of aromatic hydroxyl groups is 1. The summed E-state index contributed by atoms with van der Waals surface area (Å²) in [6.45, 7) is 11.8. The first-order valence-corrected chi connectivity index (χ1v) is 9.69. The maximum Gasteiger partial charge on any atom is 0.116 e. The Bertz CT molecular complexity index is 588. The lowest BCUT2D eigenvalue weighted by atomic mass is 9.45. The van der Waals surface area contributed by atoms with Crippen molar-refractivity contribution in [1.29, 1.82) is 0 Å². The average molecular weight is 330 g/mol. The molecule has 0 bridgehead atoms. The van der Waals surface area contributed by atoms with E-state index >= 15 is 0 Å². The lowest BCUT2D eigenvalue weighted by Crippen LogP contribution is -2.58. The van der Waals surface area contributed by atoms with Crippen LogP contribution in [-0.2, 0) is 6.42 Å². The maximum absolute atomic E-state index is 9.99. The van der Waals surface area contributed by atoms with E-state index in [4.69, 9.17) is 5.73 Å². The number of phenolic OH excluding ortho intramolecular Hbond substituents is 1. The molecule has 2 nitrogen and oxygen atoms in total. The van der Waals surface area contributed by atoms with Gasteiger partial charge >= 0.3 is 0 Å². The smallest absolute Gasteiger partial charge is 0.116 e. The third-order valence-corrected chi connectivity index (χ3v) is 7.67. The van der Waals surface area contributed by atoms with Gasteiger partial charge in [0.25, 0.3) is 0 Å². The molecule has 0 radical (unpaired) electrons. The minimum absolute atomic E-state index is 0.222. The van der Waals surface area contributed by atoms with E-state index in [0.717, 1.165) is 24.3 Å². The number of rotatable bonds is 2. The summed E-state index contributed by atoms with van der Waals surface area (Å²) in [4.78, 5) is 0. The van der Waals surface area contributed by atoms with Crippen LogP contribution >= 0.6 is 0 Å². The summed E-state index contributed by atoms with van der Waals surface area (Å²) in [6, 6.07) is 6.39. The van der Waals surface area contributed by atoms with Crippen molar-refractivity contribution in [2.75, 3.05) is 0 Å². The molecule has 3 rings (SSSR count). The van der Waals surface area contributed by atoms with Crippen molar-refractivity contribution in [3.05, 3.63) is 29.3 Å². The van der Waals surface area contributed by atoms with Gasteiger partial charge in [-0.3, -0.25) is 0 Å². The molecule has 3 N–H and O–H groups in total. The van der Waals surface area contributed by atoms with Crippen LogP contribution in [-0.4, -0.2) is 11.1 Å². The fraction of sp³-hybridized carbons (Fsp3) is 0.727. The van der Waals surface area contributed by atoms with E-state index in [1.807, 2.05) is 12.1 Å². The second-order valence-electron chi connectivity index (χ2n) is 9.57. The fourth-order valence-electron chi connectivity index (χ4n) is 6.19. The van der Waals surface area contributed by atoms with Crippen molar-refractivity contribution >= 4 is 0 Å². The number of fused-ring (bicyclic) bond motifs is 1. The molecule has 2 saturated carbocycles. The maximum atomic E-state index is 9.99. The molecule has 134 valence electrons. The number of benzene rings is 1. The van der Waals surface area contributed by atoms with Crippen LogP contribution in [0.5, 0.6) is 5.75 Å².